The highest BCUT2D eigenvalue weighted by molar-refractivity contribution is 7.89. The molecule has 3 rings (SSSR count). The molecule has 27 heavy (non-hydrogen) atoms. The first-order valence-corrected chi connectivity index (χ1v) is 8.97. The van der Waals surface area contributed by atoms with E-state index in [0.29, 0.717) is 5.56 Å². The molecule has 0 radical (unpaired) electrons. The van der Waals surface area contributed by atoms with Gasteiger partial charge in [-0.3, -0.25) is 9.78 Å². The molecule has 0 aliphatic carbocycles. The van der Waals surface area contributed by atoms with Crippen LogP contribution in [0.15, 0.2) is 56.9 Å². The van der Waals surface area contributed by atoms with Crippen molar-refractivity contribution in [3.63, 3.8) is 0 Å². The molecule has 0 saturated carbocycles. The minimum atomic E-state index is -4.48. The van der Waals surface area contributed by atoms with Gasteiger partial charge in [-0.1, -0.05) is 12.1 Å². The maximum absolute atomic E-state index is 12.5. The Morgan fingerprint density at radius 2 is 1.63 bits per heavy atom. The predicted octanol–water partition coefficient (Wildman–Crippen LogP) is 1.71. The number of nitrogens with one attached hydrogen (secondary N) is 3. The van der Waals surface area contributed by atoms with Gasteiger partial charge in [-0.25, -0.2) is 17.9 Å². The largest absolute Gasteiger partial charge is 0.416 e. The molecule has 0 unspecified atom stereocenters. The molecule has 1 aromatic heterocycles. The van der Waals surface area contributed by atoms with Crippen LogP contribution in [0.1, 0.15) is 11.1 Å². The summed E-state index contributed by atoms with van der Waals surface area (Å²) in [6.07, 6.45) is -4.48. The van der Waals surface area contributed by atoms with Gasteiger partial charge in [0.1, 0.15) is 0 Å². The zero-order valence-electron chi connectivity index (χ0n) is 13.4. The van der Waals surface area contributed by atoms with E-state index in [1.165, 1.54) is 24.3 Å². The van der Waals surface area contributed by atoms with Crippen LogP contribution in [-0.4, -0.2) is 18.4 Å². The maximum atomic E-state index is 12.5. The lowest BCUT2D eigenvalue weighted by Gasteiger charge is -2.09. The van der Waals surface area contributed by atoms with Crippen molar-refractivity contribution in [1.29, 1.82) is 0 Å². The Balaban J connectivity index is 1.84. The topological polar surface area (TPSA) is 112 Å². The summed E-state index contributed by atoms with van der Waals surface area (Å²) in [7, 11) is -4.03. The average Bonchev–Trinajstić information content (AvgIpc) is 2.59. The lowest BCUT2D eigenvalue weighted by atomic mass is 10.1. The molecule has 2 aromatic carbocycles. The summed E-state index contributed by atoms with van der Waals surface area (Å²) in [5.41, 5.74) is -1.80. The Morgan fingerprint density at radius 1 is 0.963 bits per heavy atom. The second-order valence-electron chi connectivity index (χ2n) is 5.63. The van der Waals surface area contributed by atoms with E-state index < -0.39 is 33.0 Å². The molecule has 0 saturated heterocycles. The van der Waals surface area contributed by atoms with Gasteiger partial charge < -0.3 is 4.98 Å². The molecule has 0 amide bonds. The van der Waals surface area contributed by atoms with Crippen molar-refractivity contribution in [3.8, 4) is 0 Å². The van der Waals surface area contributed by atoms with Crippen LogP contribution in [0.5, 0.6) is 0 Å². The minimum absolute atomic E-state index is 0.0213. The number of sulfonamides is 1. The van der Waals surface area contributed by atoms with Crippen molar-refractivity contribution in [1.82, 2.24) is 14.7 Å². The van der Waals surface area contributed by atoms with E-state index in [-0.39, 0.29) is 22.3 Å². The van der Waals surface area contributed by atoms with Crippen molar-refractivity contribution in [2.75, 3.05) is 0 Å². The smallest absolute Gasteiger partial charge is 0.307 e. The number of fused-ring (bicyclic) bond motifs is 1. The molecule has 0 bridgehead atoms. The number of hydrogen-bond donors (Lipinski definition) is 3. The first-order valence-electron chi connectivity index (χ1n) is 7.48. The molecule has 0 aliphatic heterocycles. The van der Waals surface area contributed by atoms with Crippen LogP contribution >= 0.6 is 0 Å². The fraction of sp³-hybridized carbons (Fsp3) is 0.125. The average molecular weight is 399 g/mol. The van der Waals surface area contributed by atoms with E-state index in [1.54, 1.807) is 0 Å². The highest BCUT2D eigenvalue weighted by atomic mass is 32.2. The van der Waals surface area contributed by atoms with E-state index in [4.69, 9.17) is 0 Å². The predicted molar refractivity (Wildman–Crippen MR) is 90.7 cm³/mol. The highest BCUT2D eigenvalue weighted by Crippen LogP contribution is 2.29. The van der Waals surface area contributed by atoms with E-state index >= 15 is 0 Å². The third kappa shape index (κ3) is 4.09. The van der Waals surface area contributed by atoms with E-state index in [2.05, 4.69) is 9.71 Å². The number of halogens is 3. The van der Waals surface area contributed by atoms with Gasteiger partial charge in [0, 0.05) is 6.54 Å². The van der Waals surface area contributed by atoms with E-state index in [9.17, 15) is 31.2 Å². The van der Waals surface area contributed by atoms with Crippen LogP contribution < -0.4 is 16.0 Å². The zero-order chi connectivity index (χ0) is 19.8. The van der Waals surface area contributed by atoms with Crippen LogP contribution in [-0.2, 0) is 22.7 Å². The Labute approximate surface area is 149 Å². The molecule has 0 spiro atoms. The maximum Gasteiger partial charge on any atom is 0.416 e. The Morgan fingerprint density at radius 3 is 2.26 bits per heavy atom. The number of H-pyrrole nitrogens is 2. The van der Waals surface area contributed by atoms with Gasteiger partial charge in [0.25, 0.3) is 5.56 Å². The van der Waals surface area contributed by atoms with Crippen LogP contribution in [0.25, 0.3) is 10.9 Å². The van der Waals surface area contributed by atoms with E-state index in [0.717, 1.165) is 18.2 Å². The van der Waals surface area contributed by atoms with Crippen molar-refractivity contribution in [2.24, 2.45) is 0 Å². The lowest BCUT2D eigenvalue weighted by Crippen LogP contribution is -2.25. The summed E-state index contributed by atoms with van der Waals surface area (Å²) in [6.45, 7) is -0.236. The third-order valence-corrected chi connectivity index (χ3v) is 5.17. The van der Waals surface area contributed by atoms with Crippen molar-refractivity contribution in [3.05, 3.63) is 74.4 Å². The monoisotopic (exact) mass is 399 g/mol. The van der Waals surface area contributed by atoms with Crippen LogP contribution in [0, 0.1) is 0 Å². The molecule has 0 fully saturated rings. The molecule has 11 heteroatoms. The Kier molecular flexibility index (Phi) is 4.66. The van der Waals surface area contributed by atoms with Gasteiger partial charge in [0.2, 0.25) is 10.0 Å². The summed E-state index contributed by atoms with van der Waals surface area (Å²) in [6, 6.07) is 7.62. The number of alkyl halides is 3. The number of aromatic amines is 2. The molecule has 142 valence electrons. The minimum Gasteiger partial charge on any atom is -0.307 e. The second-order valence-corrected chi connectivity index (χ2v) is 7.40. The first kappa shape index (κ1) is 18.9. The highest BCUT2D eigenvalue weighted by Gasteiger charge is 2.29. The van der Waals surface area contributed by atoms with Gasteiger partial charge in [0.05, 0.1) is 21.4 Å². The normalized spacial score (nSPS) is 12.4. The van der Waals surface area contributed by atoms with Gasteiger partial charge in [-0.2, -0.15) is 13.2 Å². The summed E-state index contributed by atoms with van der Waals surface area (Å²) < 4.78 is 64.6. The van der Waals surface area contributed by atoms with Gasteiger partial charge >= 0.3 is 11.9 Å². The molecular formula is C16H12F3N3O4S. The standard InChI is InChI=1S/C16H12F3N3O4S/c17-16(18,19)10-3-1-9(2-4-10)8-20-27(25,26)11-5-6-13-12(7-11)14(23)22-15(24)21-13/h1-7,20H,8H2,(H2,21,22,23,24). The molecule has 7 nitrogen and oxygen atoms in total. The zero-order valence-corrected chi connectivity index (χ0v) is 14.2. The molecule has 1 heterocycles. The van der Waals surface area contributed by atoms with Crippen LogP contribution in [0.2, 0.25) is 0 Å². The summed E-state index contributed by atoms with van der Waals surface area (Å²) in [4.78, 5) is 27.1. The summed E-state index contributed by atoms with van der Waals surface area (Å²) in [5.74, 6) is 0. The van der Waals surface area contributed by atoms with E-state index in [1.807, 2.05) is 4.98 Å². The summed E-state index contributed by atoms with van der Waals surface area (Å²) in [5, 5.41) is -0.0213. The van der Waals surface area contributed by atoms with Gasteiger partial charge in [-0.05, 0) is 35.9 Å². The van der Waals surface area contributed by atoms with Gasteiger partial charge in [-0.15, -0.1) is 0 Å². The number of rotatable bonds is 4. The van der Waals surface area contributed by atoms with Gasteiger partial charge in [0.15, 0.2) is 0 Å². The Hall–Kier alpha value is -2.92. The lowest BCUT2D eigenvalue weighted by molar-refractivity contribution is -0.137. The van der Waals surface area contributed by atoms with Crippen molar-refractivity contribution in [2.45, 2.75) is 17.6 Å². The molecule has 3 N–H and O–H groups in total. The molecule has 0 atom stereocenters. The fourth-order valence-corrected chi connectivity index (χ4v) is 3.43. The van der Waals surface area contributed by atoms with Crippen molar-refractivity contribution >= 4 is 20.9 Å². The fourth-order valence-electron chi connectivity index (χ4n) is 2.38. The van der Waals surface area contributed by atoms with Crippen LogP contribution in [0.4, 0.5) is 13.2 Å². The summed E-state index contributed by atoms with van der Waals surface area (Å²) >= 11 is 0. The molecule has 0 aliphatic rings. The molecule has 3 aromatic rings. The number of aromatic nitrogens is 2. The quantitative estimate of drug-likeness (QED) is 0.620. The van der Waals surface area contributed by atoms with Crippen LogP contribution in [0.3, 0.4) is 0 Å². The SMILES string of the molecule is O=c1[nH]c(=O)c2cc(S(=O)(=O)NCc3ccc(C(F)(F)F)cc3)ccc2[nH]1. The van der Waals surface area contributed by atoms with Crippen molar-refractivity contribution < 1.29 is 21.6 Å². The molecular weight excluding hydrogens is 387 g/mol. The Bertz CT molecular complexity index is 1210. The first-order chi connectivity index (χ1) is 12.6. The number of benzene rings is 2. The third-order valence-electron chi connectivity index (χ3n) is 3.77. The second kappa shape index (κ2) is 6.67. The number of hydrogen-bond acceptors (Lipinski definition) is 4.